The molecule has 1 aromatic carbocycles. The van der Waals surface area contributed by atoms with Gasteiger partial charge in [-0.15, -0.1) is 0 Å². The van der Waals surface area contributed by atoms with E-state index in [9.17, 15) is 19.7 Å². The summed E-state index contributed by atoms with van der Waals surface area (Å²) in [7, 11) is 0. The summed E-state index contributed by atoms with van der Waals surface area (Å²) in [6.07, 6.45) is 1.72. The highest BCUT2D eigenvalue weighted by Gasteiger charge is 2.06. The quantitative estimate of drug-likeness (QED) is 0.269. The van der Waals surface area contributed by atoms with E-state index in [4.69, 9.17) is 10.5 Å². The molecule has 0 atom stereocenters. The van der Waals surface area contributed by atoms with Gasteiger partial charge in [0.25, 0.3) is 5.69 Å². The lowest BCUT2D eigenvalue weighted by Gasteiger charge is -1.99. The number of non-ortho nitro benzene ring substituents is 1. The number of amides is 1. The molecule has 0 radical (unpaired) electrons. The molecule has 0 aliphatic carbocycles. The summed E-state index contributed by atoms with van der Waals surface area (Å²) < 4.78 is 4.74. The first-order valence-corrected chi connectivity index (χ1v) is 4.43. The molecule has 7 nitrogen and oxygen atoms in total. The molecule has 0 aliphatic rings. The molecule has 88 valence electrons. The van der Waals surface area contributed by atoms with Crippen LogP contribution >= 0.6 is 0 Å². The van der Waals surface area contributed by atoms with Gasteiger partial charge in [-0.25, -0.2) is 4.79 Å². The largest absolute Gasteiger partial charge is 0.423 e. The number of ether oxygens (including phenoxy) is 1. The van der Waals surface area contributed by atoms with Crippen LogP contribution in [0.2, 0.25) is 0 Å². The fourth-order valence-electron chi connectivity index (χ4n) is 0.936. The van der Waals surface area contributed by atoms with Crippen LogP contribution in [-0.2, 0) is 9.59 Å². The van der Waals surface area contributed by atoms with Crippen LogP contribution in [0.25, 0.3) is 0 Å². The second-order valence-corrected chi connectivity index (χ2v) is 2.91. The number of benzene rings is 1. The van der Waals surface area contributed by atoms with Gasteiger partial charge in [-0.05, 0) is 12.1 Å². The van der Waals surface area contributed by atoms with Crippen LogP contribution in [0, 0.1) is 10.1 Å². The Balaban J connectivity index is 2.66. The molecule has 0 fully saturated rings. The van der Waals surface area contributed by atoms with Gasteiger partial charge in [-0.2, -0.15) is 0 Å². The van der Waals surface area contributed by atoms with Crippen LogP contribution < -0.4 is 10.5 Å². The highest BCUT2D eigenvalue weighted by atomic mass is 16.6. The van der Waals surface area contributed by atoms with Crippen LogP contribution in [-0.4, -0.2) is 16.8 Å². The van der Waals surface area contributed by atoms with E-state index in [1.807, 2.05) is 0 Å². The van der Waals surface area contributed by atoms with Crippen molar-refractivity contribution in [3.63, 3.8) is 0 Å². The third-order valence-electron chi connectivity index (χ3n) is 1.65. The summed E-state index contributed by atoms with van der Waals surface area (Å²) in [5.74, 6) is -1.43. The molecular formula is C10H8N2O5. The maximum Gasteiger partial charge on any atom is 0.336 e. The maximum absolute atomic E-state index is 11.1. The molecule has 0 heterocycles. The Morgan fingerprint density at radius 3 is 2.29 bits per heavy atom. The van der Waals surface area contributed by atoms with Crippen molar-refractivity contribution < 1.29 is 19.2 Å². The minimum Gasteiger partial charge on any atom is -0.423 e. The number of rotatable bonds is 4. The Hall–Kier alpha value is -2.70. The van der Waals surface area contributed by atoms with E-state index in [1.165, 1.54) is 24.3 Å². The summed E-state index contributed by atoms with van der Waals surface area (Å²) >= 11 is 0. The van der Waals surface area contributed by atoms with Crippen molar-refractivity contribution in [3.05, 3.63) is 46.5 Å². The van der Waals surface area contributed by atoms with E-state index in [1.54, 1.807) is 0 Å². The van der Waals surface area contributed by atoms with Gasteiger partial charge in [0, 0.05) is 24.3 Å². The molecule has 0 bridgehead atoms. The lowest BCUT2D eigenvalue weighted by Crippen LogP contribution is -2.09. The van der Waals surface area contributed by atoms with Gasteiger partial charge < -0.3 is 10.5 Å². The SMILES string of the molecule is NC(=O)/C=C\C(=O)Oc1ccc([N+](=O)[O-])cc1. The van der Waals surface area contributed by atoms with Crippen LogP contribution in [0.5, 0.6) is 5.75 Å². The van der Waals surface area contributed by atoms with Crippen molar-refractivity contribution in [1.29, 1.82) is 0 Å². The molecule has 1 aromatic rings. The zero-order chi connectivity index (χ0) is 12.8. The summed E-state index contributed by atoms with van der Waals surface area (Å²) in [4.78, 5) is 31.2. The standard InChI is InChI=1S/C10H8N2O5/c11-9(13)5-6-10(14)17-8-3-1-7(2-4-8)12(15)16/h1-6H,(H2,11,13)/b6-5-. The van der Waals surface area contributed by atoms with E-state index in [-0.39, 0.29) is 11.4 Å². The average molecular weight is 236 g/mol. The summed E-state index contributed by atoms with van der Waals surface area (Å²) in [6, 6.07) is 4.93. The lowest BCUT2D eigenvalue weighted by molar-refractivity contribution is -0.384. The second kappa shape index (κ2) is 5.40. The lowest BCUT2D eigenvalue weighted by atomic mass is 10.3. The number of primary amides is 1. The predicted molar refractivity (Wildman–Crippen MR) is 57.1 cm³/mol. The summed E-state index contributed by atoms with van der Waals surface area (Å²) in [5, 5.41) is 10.3. The predicted octanol–water partition coefficient (Wildman–Crippen LogP) is 0.542. The van der Waals surface area contributed by atoms with E-state index in [0.29, 0.717) is 0 Å². The van der Waals surface area contributed by atoms with Crippen LogP contribution in [0.4, 0.5) is 5.69 Å². The molecule has 0 unspecified atom stereocenters. The molecule has 0 saturated heterocycles. The van der Waals surface area contributed by atoms with Gasteiger partial charge >= 0.3 is 5.97 Å². The monoisotopic (exact) mass is 236 g/mol. The van der Waals surface area contributed by atoms with Gasteiger partial charge in [0.1, 0.15) is 5.75 Å². The van der Waals surface area contributed by atoms with Crippen LogP contribution in [0.15, 0.2) is 36.4 Å². The fraction of sp³-hybridized carbons (Fsp3) is 0. The maximum atomic E-state index is 11.1. The van der Waals surface area contributed by atoms with Gasteiger partial charge in [0.05, 0.1) is 4.92 Å². The minimum absolute atomic E-state index is 0.113. The topological polar surface area (TPSA) is 113 Å². The number of hydrogen-bond acceptors (Lipinski definition) is 5. The van der Waals surface area contributed by atoms with Gasteiger partial charge in [0.15, 0.2) is 0 Å². The number of nitro benzene ring substituents is 1. The number of esters is 1. The Morgan fingerprint density at radius 1 is 1.24 bits per heavy atom. The van der Waals surface area contributed by atoms with Gasteiger partial charge in [0.2, 0.25) is 5.91 Å². The van der Waals surface area contributed by atoms with Crippen molar-refractivity contribution in [2.45, 2.75) is 0 Å². The molecule has 0 spiro atoms. The average Bonchev–Trinajstić information content (AvgIpc) is 2.27. The van der Waals surface area contributed by atoms with Crippen LogP contribution in [0.3, 0.4) is 0 Å². The first kappa shape index (κ1) is 12.4. The third kappa shape index (κ3) is 4.12. The van der Waals surface area contributed by atoms with Crippen molar-refractivity contribution >= 4 is 17.6 Å². The first-order valence-electron chi connectivity index (χ1n) is 4.43. The summed E-state index contributed by atoms with van der Waals surface area (Å²) in [6.45, 7) is 0. The fourth-order valence-corrected chi connectivity index (χ4v) is 0.936. The van der Waals surface area contributed by atoms with Crippen molar-refractivity contribution in [2.24, 2.45) is 5.73 Å². The Bertz CT molecular complexity index is 478. The molecule has 1 rings (SSSR count). The molecule has 0 aromatic heterocycles. The normalized spacial score (nSPS) is 10.1. The van der Waals surface area contributed by atoms with Crippen LogP contribution in [0.1, 0.15) is 0 Å². The Morgan fingerprint density at radius 2 is 1.82 bits per heavy atom. The van der Waals surface area contributed by atoms with Gasteiger partial charge in [-0.1, -0.05) is 0 Å². The zero-order valence-electron chi connectivity index (χ0n) is 8.53. The number of hydrogen-bond donors (Lipinski definition) is 1. The molecule has 0 saturated carbocycles. The highest BCUT2D eigenvalue weighted by molar-refractivity contribution is 5.94. The van der Waals surface area contributed by atoms with Gasteiger partial charge in [-0.3, -0.25) is 14.9 Å². The zero-order valence-corrected chi connectivity index (χ0v) is 8.53. The number of nitrogens with two attached hydrogens (primary N) is 1. The second-order valence-electron chi connectivity index (χ2n) is 2.91. The highest BCUT2D eigenvalue weighted by Crippen LogP contribution is 2.17. The Labute approximate surface area is 95.6 Å². The van der Waals surface area contributed by atoms with Crippen molar-refractivity contribution in [2.75, 3.05) is 0 Å². The Kier molecular flexibility index (Phi) is 3.93. The molecular weight excluding hydrogens is 228 g/mol. The molecule has 2 N–H and O–H groups in total. The number of nitrogens with zero attached hydrogens (tertiary/aromatic N) is 1. The minimum atomic E-state index is -0.794. The number of nitro groups is 1. The van der Waals surface area contributed by atoms with Crippen molar-refractivity contribution in [1.82, 2.24) is 0 Å². The van der Waals surface area contributed by atoms with E-state index in [2.05, 4.69) is 0 Å². The number of carbonyl (C=O) groups excluding carboxylic acids is 2. The molecule has 0 aliphatic heterocycles. The molecule has 17 heavy (non-hydrogen) atoms. The molecule has 7 heteroatoms. The number of carbonyl (C=O) groups is 2. The smallest absolute Gasteiger partial charge is 0.336 e. The van der Waals surface area contributed by atoms with E-state index >= 15 is 0 Å². The van der Waals surface area contributed by atoms with E-state index in [0.717, 1.165) is 12.2 Å². The third-order valence-corrected chi connectivity index (χ3v) is 1.65. The molecule has 1 amide bonds. The first-order chi connectivity index (χ1) is 7.99. The summed E-state index contributed by atoms with van der Waals surface area (Å²) in [5.41, 5.74) is 4.67. The van der Waals surface area contributed by atoms with Crippen molar-refractivity contribution in [3.8, 4) is 5.75 Å². The van der Waals surface area contributed by atoms with E-state index < -0.39 is 16.8 Å².